The van der Waals surface area contributed by atoms with Crippen LogP contribution in [-0.2, 0) is 26.4 Å². The molecule has 2 amide bonds. The van der Waals surface area contributed by atoms with Gasteiger partial charge in [0.1, 0.15) is 5.76 Å². The van der Waals surface area contributed by atoms with Crippen LogP contribution in [0.5, 0.6) is 0 Å². The summed E-state index contributed by atoms with van der Waals surface area (Å²) in [6.07, 6.45) is 3.73. The largest absolute Gasteiger partial charge is 0.468 e. The number of hydrogen-bond acceptors (Lipinski definition) is 8. The van der Waals surface area contributed by atoms with Gasteiger partial charge in [0.15, 0.2) is 0 Å². The molecule has 1 aromatic heterocycles. The van der Waals surface area contributed by atoms with E-state index in [4.69, 9.17) is 13.9 Å². The van der Waals surface area contributed by atoms with Crippen molar-refractivity contribution >= 4 is 29.4 Å². The van der Waals surface area contributed by atoms with Crippen molar-refractivity contribution in [2.45, 2.75) is 62.0 Å². The van der Waals surface area contributed by atoms with Gasteiger partial charge in [-0.15, -0.1) is 11.8 Å². The van der Waals surface area contributed by atoms with E-state index in [0.717, 1.165) is 24.8 Å². The van der Waals surface area contributed by atoms with Gasteiger partial charge in [0.2, 0.25) is 0 Å². The number of carbonyl (C=O) groups is 2. The number of rotatable bonds is 12. The first-order valence-corrected chi connectivity index (χ1v) is 17.0. The second kappa shape index (κ2) is 14.9. The van der Waals surface area contributed by atoms with E-state index < -0.39 is 23.0 Å². The van der Waals surface area contributed by atoms with Gasteiger partial charge in [-0.2, -0.15) is 0 Å². The lowest BCUT2D eigenvalue weighted by Crippen LogP contribution is -2.50. The summed E-state index contributed by atoms with van der Waals surface area (Å²) in [5.74, 6) is 0.518. The summed E-state index contributed by atoms with van der Waals surface area (Å²) in [4.78, 5) is 40.5. The first-order chi connectivity index (χ1) is 23.3. The molecule has 48 heavy (non-hydrogen) atoms. The van der Waals surface area contributed by atoms with Crippen LogP contribution < -0.4 is 5.32 Å². The highest BCUT2D eigenvalue weighted by Gasteiger charge is 2.39. The van der Waals surface area contributed by atoms with E-state index >= 15 is 0 Å². The number of amides is 2. The summed E-state index contributed by atoms with van der Waals surface area (Å²) in [7, 11) is 0. The van der Waals surface area contributed by atoms with Gasteiger partial charge in [0, 0.05) is 11.8 Å². The maximum absolute atomic E-state index is 13.6. The number of nitro groups is 1. The standard InChI is InChI=1S/C37H37N3O7S/c1-3-45-36(41)34-24(2)39(22-30-17-16-29(47-30)20-25-11-13-27(14-12-25)26-8-5-4-6-9-26)37(42)38-35(34)28-15-18-33(32(21-28)40(43)44)48-23-31-10-7-19-46-31/h4-15,18-19,21,29-30,35H,3,16-17,20,22-23H2,1-2H3,(H,38,42)/t29-,30-,35?/m0/s1. The molecule has 0 aliphatic carbocycles. The number of nitrogens with one attached hydrogen (secondary N) is 1. The predicted octanol–water partition coefficient (Wildman–Crippen LogP) is 7.84. The number of carbonyl (C=O) groups excluding carboxylic acids is 2. The molecule has 0 bridgehead atoms. The molecule has 2 aliphatic rings. The fourth-order valence-electron chi connectivity index (χ4n) is 6.24. The van der Waals surface area contributed by atoms with Crippen LogP contribution in [0.1, 0.15) is 49.6 Å². The number of nitrogens with zero attached hydrogens (tertiary/aromatic N) is 2. The Kier molecular flexibility index (Phi) is 10.3. The normalized spacial score (nSPS) is 19.3. The minimum atomic E-state index is -0.924. The summed E-state index contributed by atoms with van der Waals surface area (Å²) in [6.45, 7) is 3.82. The quantitative estimate of drug-likeness (QED) is 0.0702. The van der Waals surface area contributed by atoms with E-state index in [1.165, 1.54) is 33.9 Å². The molecule has 11 heteroatoms. The monoisotopic (exact) mass is 667 g/mol. The minimum Gasteiger partial charge on any atom is -0.468 e. The lowest BCUT2D eigenvalue weighted by molar-refractivity contribution is -0.387. The van der Waals surface area contributed by atoms with Crippen molar-refractivity contribution in [2.24, 2.45) is 0 Å². The first kappa shape index (κ1) is 33.0. The number of allylic oxidation sites excluding steroid dienone is 1. The van der Waals surface area contributed by atoms with E-state index in [0.29, 0.717) is 27.7 Å². The molecular formula is C37H37N3O7S. The Morgan fingerprint density at radius 1 is 1.02 bits per heavy atom. The van der Waals surface area contributed by atoms with Crippen molar-refractivity contribution in [2.75, 3.05) is 13.2 Å². The molecule has 1 saturated heterocycles. The lowest BCUT2D eigenvalue weighted by Gasteiger charge is -2.36. The molecule has 1 fully saturated rings. The fraction of sp³-hybridized carbons (Fsp3) is 0.297. The number of urea groups is 1. The zero-order chi connectivity index (χ0) is 33.6. The van der Waals surface area contributed by atoms with Crippen molar-refractivity contribution in [3.63, 3.8) is 0 Å². The molecule has 248 valence electrons. The molecule has 6 rings (SSSR count). The molecule has 3 aromatic carbocycles. The average Bonchev–Trinajstić information content (AvgIpc) is 3.78. The summed E-state index contributed by atoms with van der Waals surface area (Å²) in [5.41, 5.74) is 4.47. The van der Waals surface area contributed by atoms with E-state index in [1.807, 2.05) is 18.2 Å². The molecule has 3 heterocycles. The predicted molar refractivity (Wildman–Crippen MR) is 182 cm³/mol. The van der Waals surface area contributed by atoms with Gasteiger partial charge in [-0.1, -0.05) is 60.7 Å². The summed E-state index contributed by atoms with van der Waals surface area (Å²) >= 11 is 1.27. The fourth-order valence-corrected chi connectivity index (χ4v) is 7.15. The Bertz CT molecular complexity index is 1790. The van der Waals surface area contributed by atoms with Crippen molar-refractivity contribution in [1.29, 1.82) is 0 Å². The summed E-state index contributed by atoms with van der Waals surface area (Å²) in [5, 5.41) is 15.0. The topological polar surface area (TPSA) is 124 Å². The number of furan rings is 1. The zero-order valence-electron chi connectivity index (χ0n) is 26.8. The van der Waals surface area contributed by atoms with Gasteiger partial charge in [-0.25, -0.2) is 9.59 Å². The molecule has 4 aromatic rings. The maximum Gasteiger partial charge on any atom is 0.338 e. The first-order valence-electron chi connectivity index (χ1n) is 16.0. The highest BCUT2D eigenvalue weighted by molar-refractivity contribution is 7.98. The van der Waals surface area contributed by atoms with E-state index in [1.54, 1.807) is 44.4 Å². The third-order valence-corrected chi connectivity index (χ3v) is 9.75. The second-order valence-corrected chi connectivity index (χ2v) is 12.8. The Hall–Kier alpha value is -4.87. The molecule has 2 aliphatic heterocycles. The minimum absolute atomic E-state index is 0.0108. The second-order valence-electron chi connectivity index (χ2n) is 11.8. The van der Waals surface area contributed by atoms with Crippen LogP contribution >= 0.6 is 11.8 Å². The lowest BCUT2D eigenvalue weighted by atomic mass is 9.94. The SMILES string of the molecule is CCOC(=O)C1=C(C)N(C[C@@H]2CC[C@@H](Cc3ccc(-c4ccccc4)cc3)O2)C(=O)NC1c1ccc(SCc2ccco2)c([N+](=O)[O-])c1. The van der Waals surface area contributed by atoms with Crippen molar-refractivity contribution in [3.8, 4) is 11.1 Å². The van der Waals surface area contributed by atoms with Crippen molar-refractivity contribution in [1.82, 2.24) is 10.2 Å². The third kappa shape index (κ3) is 7.48. The van der Waals surface area contributed by atoms with Gasteiger partial charge in [-0.05, 0) is 73.6 Å². The van der Waals surface area contributed by atoms with Crippen LogP contribution in [0.3, 0.4) is 0 Å². The van der Waals surface area contributed by atoms with Gasteiger partial charge in [-0.3, -0.25) is 15.0 Å². The Labute approximate surface area is 283 Å². The average molecular weight is 668 g/mol. The number of benzene rings is 3. The molecule has 10 nitrogen and oxygen atoms in total. The van der Waals surface area contributed by atoms with E-state index in [-0.39, 0.29) is 36.6 Å². The number of esters is 1. The third-order valence-electron chi connectivity index (χ3n) is 8.66. The highest BCUT2D eigenvalue weighted by Crippen LogP contribution is 2.38. The molecule has 1 N–H and O–H groups in total. The molecular weight excluding hydrogens is 630 g/mol. The van der Waals surface area contributed by atoms with Crippen molar-refractivity contribution in [3.05, 3.63) is 129 Å². The number of nitro benzene ring substituents is 1. The molecule has 0 spiro atoms. The van der Waals surface area contributed by atoms with Crippen LogP contribution in [0, 0.1) is 10.1 Å². The van der Waals surface area contributed by atoms with E-state index in [9.17, 15) is 19.7 Å². The van der Waals surface area contributed by atoms with E-state index in [2.05, 4.69) is 41.7 Å². The summed E-state index contributed by atoms with van der Waals surface area (Å²) < 4.78 is 17.2. The van der Waals surface area contributed by atoms with Crippen LogP contribution in [0.2, 0.25) is 0 Å². The van der Waals surface area contributed by atoms with Crippen LogP contribution in [-0.4, -0.2) is 47.2 Å². The van der Waals surface area contributed by atoms with Gasteiger partial charge in [0.05, 0.1) is 58.8 Å². The van der Waals surface area contributed by atoms with Crippen LogP contribution in [0.4, 0.5) is 10.5 Å². The van der Waals surface area contributed by atoms with Crippen LogP contribution in [0.15, 0.2) is 112 Å². The Morgan fingerprint density at radius 2 is 1.77 bits per heavy atom. The van der Waals surface area contributed by atoms with Gasteiger partial charge in [0.25, 0.3) is 5.69 Å². The van der Waals surface area contributed by atoms with Crippen LogP contribution in [0.25, 0.3) is 11.1 Å². The summed E-state index contributed by atoms with van der Waals surface area (Å²) in [6, 6.07) is 25.7. The van der Waals surface area contributed by atoms with Crippen molar-refractivity contribution < 1.29 is 28.4 Å². The molecule has 0 saturated carbocycles. The molecule has 1 unspecified atom stereocenters. The number of thioether (sulfide) groups is 1. The Balaban J connectivity index is 1.16. The molecule has 0 radical (unpaired) electrons. The zero-order valence-corrected chi connectivity index (χ0v) is 27.6. The maximum atomic E-state index is 13.6. The number of hydrogen-bond donors (Lipinski definition) is 1. The highest BCUT2D eigenvalue weighted by atomic mass is 32.2. The van der Waals surface area contributed by atoms with Gasteiger partial charge < -0.3 is 19.2 Å². The van der Waals surface area contributed by atoms with Gasteiger partial charge >= 0.3 is 12.0 Å². The number of ether oxygens (including phenoxy) is 2. The molecule has 3 atom stereocenters. The Morgan fingerprint density at radius 3 is 2.48 bits per heavy atom. The smallest absolute Gasteiger partial charge is 0.338 e.